The van der Waals surface area contributed by atoms with Crippen LogP contribution in [0.5, 0.6) is 0 Å². The molecule has 16 heavy (non-hydrogen) atoms. The zero-order chi connectivity index (χ0) is 12.0. The molecule has 1 aromatic rings. The minimum Gasteiger partial charge on any atom is -0.469 e. The molecule has 0 aromatic carbocycles. The number of hydrogen-bond donors (Lipinski definition) is 0. The van der Waals surface area contributed by atoms with E-state index in [1.54, 1.807) is 12.1 Å². The average molecular weight is 222 g/mol. The number of esters is 1. The van der Waals surface area contributed by atoms with Gasteiger partial charge < -0.3 is 13.9 Å². The first-order valence-electron chi connectivity index (χ1n) is 4.85. The smallest absolute Gasteiger partial charge is 0.308 e. The molecule has 86 valence electrons. The number of carbonyl (C=O) groups is 1. The monoisotopic (exact) mass is 222 g/mol. The van der Waals surface area contributed by atoms with Gasteiger partial charge in [0.15, 0.2) is 0 Å². The van der Waals surface area contributed by atoms with E-state index in [4.69, 9.17) is 15.6 Å². The number of methoxy groups -OCH3 is 1. The first kappa shape index (κ1) is 12.3. The van der Waals surface area contributed by atoms with E-state index < -0.39 is 6.10 Å². The molecule has 1 rings (SSSR count). The number of furan rings is 1. The van der Waals surface area contributed by atoms with Crippen molar-refractivity contribution in [3.8, 4) is 12.3 Å². The largest absolute Gasteiger partial charge is 0.469 e. The zero-order valence-electron chi connectivity index (χ0n) is 9.36. The van der Waals surface area contributed by atoms with Crippen molar-refractivity contribution in [3.05, 3.63) is 23.7 Å². The third-order valence-electron chi connectivity index (χ3n) is 2.03. The molecule has 1 aromatic heterocycles. The van der Waals surface area contributed by atoms with Crippen LogP contribution >= 0.6 is 0 Å². The molecule has 4 nitrogen and oxygen atoms in total. The first-order valence-corrected chi connectivity index (χ1v) is 4.85. The summed E-state index contributed by atoms with van der Waals surface area (Å²) in [7, 11) is 1.33. The molecule has 0 N–H and O–H groups in total. The van der Waals surface area contributed by atoms with Crippen LogP contribution in [0.2, 0.25) is 0 Å². The Kier molecular flexibility index (Phi) is 4.62. The van der Waals surface area contributed by atoms with Gasteiger partial charge in [0.05, 0.1) is 13.5 Å². The second kappa shape index (κ2) is 5.99. The van der Waals surface area contributed by atoms with E-state index in [2.05, 4.69) is 10.7 Å². The molecule has 0 aliphatic rings. The van der Waals surface area contributed by atoms with Crippen molar-refractivity contribution in [1.29, 1.82) is 0 Å². The van der Waals surface area contributed by atoms with Crippen LogP contribution in [0.25, 0.3) is 0 Å². The Morgan fingerprint density at radius 1 is 1.62 bits per heavy atom. The fourth-order valence-corrected chi connectivity index (χ4v) is 1.25. The van der Waals surface area contributed by atoms with Crippen LogP contribution in [0.4, 0.5) is 0 Å². The molecule has 0 aliphatic carbocycles. The fraction of sp³-hybridized carbons (Fsp3) is 0.417. The molecule has 0 fully saturated rings. The Hall–Kier alpha value is -1.73. The van der Waals surface area contributed by atoms with Gasteiger partial charge in [-0.15, -0.1) is 6.42 Å². The van der Waals surface area contributed by atoms with Crippen LogP contribution in [0.1, 0.15) is 24.0 Å². The van der Waals surface area contributed by atoms with E-state index in [1.807, 2.05) is 6.92 Å². The van der Waals surface area contributed by atoms with E-state index in [-0.39, 0.29) is 19.0 Å². The number of ether oxygens (including phenoxy) is 2. The van der Waals surface area contributed by atoms with Gasteiger partial charge in [-0.25, -0.2) is 0 Å². The minimum atomic E-state index is -0.489. The van der Waals surface area contributed by atoms with Crippen molar-refractivity contribution in [2.45, 2.75) is 19.4 Å². The maximum absolute atomic E-state index is 11.2. The van der Waals surface area contributed by atoms with Gasteiger partial charge in [0.1, 0.15) is 24.2 Å². The standard InChI is InChI=1S/C12H14O4/c1-4-7-15-11(8-12(13)14-3)10-6-5-9(2)16-10/h1,5-6,11H,7-8H2,2-3H3. The zero-order valence-corrected chi connectivity index (χ0v) is 9.36. The molecule has 0 saturated heterocycles. The topological polar surface area (TPSA) is 48.7 Å². The molecule has 0 saturated carbocycles. The average Bonchev–Trinajstić information content (AvgIpc) is 2.70. The van der Waals surface area contributed by atoms with Gasteiger partial charge in [-0.1, -0.05) is 5.92 Å². The van der Waals surface area contributed by atoms with Gasteiger partial charge in [-0.2, -0.15) is 0 Å². The second-order valence-corrected chi connectivity index (χ2v) is 3.23. The molecule has 1 heterocycles. The Balaban J connectivity index is 2.71. The highest BCUT2D eigenvalue weighted by atomic mass is 16.5. The van der Waals surface area contributed by atoms with Crippen molar-refractivity contribution in [3.63, 3.8) is 0 Å². The maximum atomic E-state index is 11.2. The molecule has 4 heteroatoms. The van der Waals surface area contributed by atoms with Crippen molar-refractivity contribution in [2.24, 2.45) is 0 Å². The minimum absolute atomic E-state index is 0.0884. The first-order chi connectivity index (χ1) is 7.67. The van der Waals surface area contributed by atoms with Crippen molar-refractivity contribution in [2.75, 3.05) is 13.7 Å². The quantitative estimate of drug-likeness (QED) is 0.563. The molecule has 0 amide bonds. The highest BCUT2D eigenvalue weighted by Gasteiger charge is 2.19. The molecule has 0 bridgehead atoms. The lowest BCUT2D eigenvalue weighted by atomic mass is 10.2. The van der Waals surface area contributed by atoms with Crippen molar-refractivity contribution >= 4 is 5.97 Å². The van der Waals surface area contributed by atoms with Gasteiger partial charge >= 0.3 is 5.97 Å². The number of hydrogen-bond acceptors (Lipinski definition) is 4. The molecule has 0 aliphatic heterocycles. The molecular weight excluding hydrogens is 208 g/mol. The maximum Gasteiger partial charge on any atom is 0.308 e. The van der Waals surface area contributed by atoms with Crippen LogP contribution in [-0.2, 0) is 14.3 Å². The van der Waals surface area contributed by atoms with E-state index >= 15 is 0 Å². The predicted octanol–water partition coefficient (Wildman–Crippen LogP) is 1.84. The lowest BCUT2D eigenvalue weighted by molar-refractivity contribution is -0.144. The normalized spacial score (nSPS) is 11.8. The lowest BCUT2D eigenvalue weighted by Gasteiger charge is -2.12. The SMILES string of the molecule is C#CCOC(CC(=O)OC)c1ccc(C)o1. The molecule has 0 spiro atoms. The third kappa shape index (κ3) is 3.44. The lowest BCUT2D eigenvalue weighted by Crippen LogP contribution is -2.11. The summed E-state index contributed by atoms with van der Waals surface area (Å²) in [6.07, 6.45) is 4.70. The van der Waals surface area contributed by atoms with Crippen LogP contribution < -0.4 is 0 Å². The summed E-state index contributed by atoms with van der Waals surface area (Å²) in [5, 5.41) is 0. The van der Waals surface area contributed by atoms with Gasteiger partial charge in [0, 0.05) is 0 Å². The predicted molar refractivity (Wildman–Crippen MR) is 57.6 cm³/mol. The number of aryl methyl sites for hydroxylation is 1. The molecule has 1 unspecified atom stereocenters. The molecular formula is C12H14O4. The summed E-state index contributed by atoms with van der Waals surface area (Å²) in [6.45, 7) is 1.95. The van der Waals surface area contributed by atoms with Crippen LogP contribution in [0, 0.1) is 19.3 Å². The number of carbonyl (C=O) groups excluding carboxylic acids is 1. The van der Waals surface area contributed by atoms with Gasteiger partial charge in [-0.3, -0.25) is 4.79 Å². The van der Waals surface area contributed by atoms with Gasteiger partial charge in [0.2, 0.25) is 0 Å². The Bertz CT molecular complexity index is 386. The fourth-order valence-electron chi connectivity index (χ4n) is 1.25. The molecule has 1 atom stereocenters. The summed E-state index contributed by atoms with van der Waals surface area (Å²) >= 11 is 0. The Morgan fingerprint density at radius 2 is 2.38 bits per heavy atom. The Morgan fingerprint density at radius 3 is 2.88 bits per heavy atom. The van der Waals surface area contributed by atoms with E-state index in [0.29, 0.717) is 5.76 Å². The highest BCUT2D eigenvalue weighted by molar-refractivity contribution is 5.69. The second-order valence-electron chi connectivity index (χ2n) is 3.23. The van der Waals surface area contributed by atoms with Crippen molar-refractivity contribution < 1.29 is 18.7 Å². The summed E-state index contributed by atoms with van der Waals surface area (Å²) in [5.74, 6) is 3.33. The third-order valence-corrected chi connectivity index (χ3v) is 2.03. The van der Waals surface area contributed by atoms with Gasteiger partial charge in [0.25, 0.3) is 0 Å². The number of rotatable bonds is 5. The van der Waals surface area contributed by atoms with Gasteiger partial charge in [-0.05, 0) is 19.1 Å². The number of terminal acetylenes is 1. The van der Waals surface area contributed by atoms with Crippen LogP contribution in [0.3, 0.4) is 0 Å². The summed E-state index contributed by atoms with van der Waals surface area (Å²) in [4.78, 5) is 11.2. The Labute approximate surface area is 94.5 Å². The summed E-state index contributed by atoms with van der Waals surface area (Å²) < 4.78 is 15.3. The summed E-state index contributed by atoms with van der Waals surface area (Å²) in [5.41, 5.74) is 0. The van der Waals surface area contributed by atoms with Crippen molar-refractivity contribution in [1.82, 2.24) is 0 Å². The van der Waals surface area contributed by atoms with E-state index in [0.717, 1.165) is 5.76 Å². The molecule has 0 radical (unpaired) electrons. The van der Waals surface area contributed by atoms with E-state index in [9.17, 15) is 4.79 Å². The van der Waals surface area contributed by atoms with Crippen LogP contribution in [0.15, 0.2) is 16.5 Å². The highest BCUT2D eigenvalue weighted by Crippen LogP contribution is 2.23. The van der Waals surface area contributed by atoms with Crippen LogP contribution in [-0.4, -0.2) is 19.7 Å². The van der Waals surface area contributed by atoms with E-state index in [1.165, 1.54) is 7.11 Å². The summed E-state index contributed by atoms with van der Waals surface area (Å²) in [6, 6.07) is 3.57.